The number of rotatable bonds is 9. The highest BCUT2D eigenvalue weighted by molar-refractivity contribution is 7.89. The van der Waals surface area contributed by atoms with E-state index in [-0.39, 0.29) is 11.4 Å². The second-order valence-corrected chi connectivity index (χ2v) is 10.1. The van der Waals surface area contributed by atoms with Gasteiger partial charge in [0.1, 0.15) is 16.3 Å². The number of nitrogens with one attached hydrogen (secondary N) is 2. The van der Waals surface area contributed by atoms with Crippen LogP contribution in [0.25, 0.3) is 27.6 Å². The molecule has 0 unspecified atom stereocenters. The van der Waals surface area contributed by atoms with E-state index in [0.717, 1.165) is 21.9 Å². The van der Waals surface area contributed by atoms with E-state index < -0.39 is 10.0 Å². The summed E-state index contributed by atoms with van der Waals surface area (Å²) in [5, 5.41) is 5.07. The Bertz CT molecular complexity index is 1560. The predicted octanol–water partition coefficient (Wildman–Crippen LogP) is 3.92. The maximum absolute atomic E-state index is 12.6. The van der Waals surface area contributed by atoms with Crippen LogP contribution in [0.4, 0.5) is 5.95 Å². The number of para-hydroxylation sites is 1. The Hall–Kier alpha value is -3.80. The molecule has 9 nitrogen and oxygen atoms in total. The number of nitrogens with zero attached hydrogens (tertiary/aromatic N) is 4. The highest BCUT2D eigenvalue weighted by Gasteiger charge is 2.19. The first-order valence-corrected chi connectivity index (χ1v) is 13.1. The maximum atomic E-state index is 12.6. The van der Waals surface area contributed by atoms with Gasteiger partial charge in [-0.05, 0) is 18.2 Å². The Balaban J connectivity index is 1.33. The summed E-state index contributed by atoms with van der Waals surface area (Å²) in [5.74, 6) is 0.682. The van der Waals surface area contributed by atoms with Gasteiger partial charge in [-0.1, -0.05) is 42.5 Å². The van der Waals surface area contributed by atoms with Crippen LogP contribution in [-0.4, -0.2) is 48.0 Å². The molecular weight excluding hydrogens is 484 g/mol. The summed E-state index contributed by atoms with van der Waals surface area (Å²) in [4.78, 5) is 14.7. The number of hydrogen-bond acceptors (Lipinski definition) is 8. The van der Waals surface area contributed by atoms with Crippen molar-refractivity contribution in [3.05, 3.63) is 78.4 Å². The maximum Gasteiger partial charge on any atom is 0.244 e. The topological polar surface area (TPSA) is 111 Å². The van der Waals surface area contributed by atoms with Crippen LogP contribution in [0, 0.1) is 0 Å². The smallest absolute Gasteiger partial charge is 0.244 e. The van der Waals surface area contributed by atoms with Crippen molar-refractivity contribution in [2.24, 2.45) is 0 Å². The van der Waals surface area contributed by atoms with Crippen molar-refractivity contribution < 1.29 is 13.2 Å². The van der Waals surface area contributed by atoms with Gasteiger partial charge in [0.15, 0.2) is 4.96 Å². The summed E-state index contributed by atoms with van der Waals surface area (Å²) < 4.78 is 35.0. The number of fused-ring (bicyclic) bond motifs is 1. The number of thiazole rings is 1. The number of imidazole rings is 1. The van der Waals surface area contributed by atoms with E-state index >= 15 is 0 Å². The normalized spacial score (nSPS) is 11.6. The van der Waals surface area contributed by atoms with Crippen LogP contribution in [0.3, 0.4) is 0 Å². The molecule has 0 saturated carbocycles. The molecule has 0 radical (unpaired) electrons. The minimum absolute atomic E-state index is 0.0923. The van der Waals surface area contributed by atoms with Gasteiger partial charge in [-0.2, -0.15) is 0 Å². The molecule has 0 fully saturated rings. The van der Waals surface area contributed by atoms with Crippen molar-refractivity contribution in [2.75, 3.05) is 25.5 Å². The van der Waals surface area contributed by atoms with Gasteiger partial charge in [0.05, 0.1) is 18.5 Å². The third-order valence-corrected chi connectivity index (χ3v) is 7.52. The molecule has 0 saturated heterocycles. The van der Waals surface area contributed by atoms with E-state index in [9.17, 15) is 8.42 Å². The summed E-state index contributed by atoms with van der Waals surface area (Å²) in [7, 11) is -2.28. The fourth-order valence-electron chi connectivity index (χ4n) is 3.68. The molecule has 11 heteroatoms. The molecule has 5 aromatic rings. The van der Waals surface area contributed by atoms with E-state index in [2.05, 4.69) is 20.0 Å². The standard InChI is InChI=1S/C24H22N6O3S2/c1-33-19-9-5-6-10-20(19)35(31,32)27-14-13-26-23-25-12-11-18(28-23)22-21(17-7-3-2-4-8-17)29-24-30(22)15-16-34-24/h2-12,15-16,27H,13-14H2,1H3,(H,25,26,28). The molecule has 5 rings (SSSR count). The summed E-state index contributed by atoms with van der Waals surface area (Å²) in [6.45, 7) is 0.439. The van der Waals surface area contributed by atoms with Gasteiger partial charge in [-0.25, -0.2) is 28.1 Å². The van der Waals surface area contributed by atoms with Gasteiger partial charge in [-0.3, -0.25) is 4.40 Å². The molecule has 0 aliphatic rings. The highest BCUT2D eigenvalue weighted by Crippen LogP contribution is 2.33. The minimum Gasteiger partial charge on any atom is -0.495 e. The zero-order valence-electron chi connectivity index (χ0n) is 18.7. The number of methoxy groups -OCH3 is 1. The van der Waals surface area contributed by atoms with Gasteiger partial charge in [0, 0.05) is 36.4 Å². The van der Waals surface area contributed by atoms with Crippen molar-refractivity contribution in [1.29, 1.82) is 0 Å². The van der Waals surface area contributed by atoms with E-state index in [4.69, 9.17) is 9.72 Å². The quantitative estimate of drug-likeness (QED) is 0.292. The number of sulfonamides is 1. The largest absolute Gasteiger partial charge is 0.495 e. The van der Waals surface area contributed by atoms with Crippen LogP contribution < -0.4 is 14.8 Å². The number of aromatic nitrogens is 4. The van der Waals surface area contributed by atoms with Gasteiger partial charge < -0.3 is 10.1 Å². The van der Waals surface area contributed by atoms with Crippen molar-refractivity contribution in [2.45, 2.75) is 4.90 Å². The fourth-order valence-corrected chi connectivity index (χ4v) is 5.60. The van der Waals surface area contributed by atoms with Crippen molar-refractivity contribution >= 4 is 32.3 Å². The first-order chi connectivity index (χ1) is 17.1. The van der Waals surface area contributed by atoms with Gasteiger partial charge >= 0.3 is 0 Å². The number of ether oxygens (including phenoxy) is 1. The average molecular weight is 507 g/mol. The predicted molar refractivity (Wildman–Crippen MR) is 136 cm³/mol. The summed E-state index contributed by atoms with van der Waals surface area (Å²) in [6.07, 6.45) is 3.64. The zero-order valence-corrected chi connectivity index (χ0v) is 20.4. The van der Waals surface area contributed by atoms with E-state index in [1.54, 1.807) is 35.7 Å². The molecule has 0 spiro atoms. The molecule has 0 amide bonds. The Labute approximate surface area is 206 Å². The molecule has 35 heavy (non-hydrogen) atoms. The molecule has 0 aliphatic heterocycles. The van der Waals surface area contributed by atoms with Crippen molar-refractivity contribution in [1.82, 2.24) is 24.1 Å². The molecule has 0 bridgehead atoms. The third-order valence-electron chi connectivity index (χ3n) is 5.27. The Morgan fingerprint density at radius 1 is 1.00 bits per heavy atom. The van der Waals surface area contributed by atoms with Crippen LogP contribution in [-0.2, 0) is 10.0 Å². The fraction of sp³-hybridized carbons (Fsp3) is 0.125. The first-order valence-electron chi connectivity index (χ1n) is 10.8. The van der Waals surface area contributed by atoms with Crippen LogP contribution in [0.2, 0.25) is 0 Å². The lowest BCUT2D eigenvalue weighted by Gasteiger charge is -2.11. The minimum atomic E-state index is -3.72. The van der Waals surface area contributed by atoms with Crippen LogP contribution in [0.1, 0.15) is 0 Å². The molecule has 3 aromatic heterocycles. The first kappa shape index (κ1) is 23.0. The van der Waals surface area contributed by atoms with E-state index in [1.165, 1.54) is 13.2 Å². The zero-order chi connectivity index (χ0) is 24.3. The summed E-state index contributed by atoms with van der Waals surface area (Å²) in [6, 6.07) is 18.3. The molecule has 0 atom stereocenters. The summed E-state index contributed by atoms with van der Waals surface area (Å²) in [5.41, 5.74) is 3.42. The van der Waals surface area contributed by atoms with Crippen LogP contribution >= 0.6 is 11.3 Å². The number of benzene rings is 2. The average Bonchev–Trinajstić information content (AvgIpc) is 3.49. The molecular formula is C24H22N6O3S2. The summed E-state index contributed by atoms with van der Waals surface area (Å²) >= 11 is 1.55. The lowest BCUT2D eigenvalue weighted by molar-refractivity contribution is 0.402. The Kier molecular flexibility index (Phi) is 6.45. The monoisotopic (exact) mass is 506 g/mol. The third kappa shape index (κ3) is 4.74. The molecule has 3 heterocycles. The molecule has 178 valence electrons. The number of anilines is 1. The lowest BCUT2D eigenvalue weighted by atomic mass is 10.1. The SMILES string of the molecule is COc1ccccc1S(=O)(=O)NCCNc1nccc(-c2c(-c3ccccc3)nc3sccn23)n1. The van der Waals surface area contributed by atoms with Crippen molar-refractivity contribution in [3.8, 4) is 28.4 Å². The Morgan fingerprint density at radius 3 is 2.63 bits per heavy atom. The van der Waals surface area contributed by atoms with Gasteiger partial charge in [0.25, 0.3) is 0 Å². The van der Waals surface area contributed by atoms with Crippen molar-refractivity contribution in [3.63, 3.8) is 0 Å². The second kappa shape index (κ2) is 9.82. The number of hydrogen-bond donors (Lipinski definition) is 2. The lowest BCUT2D eigenvalue weighted by Crippen LogP contribution is -2.29. The molecule has 2 N–H and O–H groups in total. The van der Waals surface area contributed by atoms with E-state index in [1.807, 2.05) is 52.4 Å². The van der Waals surface area contributed by atoms with Crippen LogP contribution in [0.15, 0.2) is 83.3 Å². The van der Waals surface area contributed by atoms with E-state index in [0.29, 0.717) is 23.9 Å². The van der Waals surface area contributed by atoms with Gasteiger partial charge in [0.2, 0.25) is 16.0 Å². The Morgan fingerprint density at radius 2 is 1.80 bits per heavy atom. The molecule has 0 aliphatic carbocycles. The highest BCUT2D eigenvalue weighted by atomic mass is 32.2. The van der Waals surface area contributed by atoms with Crippen LogP contribution in [0.5, 0.6) is 5.75 Å². The van der Waals surface area contributed by atoms with Gasteiger partial charge in [-0.15, -0.1) is 11.3 Å². The molecule has 2 aromatic carbocycles. The second-order valence-electron chi connectivity index (χ2n) is 7.47.